The average molecular weight is 378 g/mol. The predicted octanol–water partition coefficient (Wildman–Crippen LogP) is 3.23. The highest BCUT2D eigenvalue weighted by atomic mass is 16.5. The molecule has 0 fully saturated rings. The lowest BCUT2D eigenvalue weighted by Crippen LogP contribution is -2.02. The fourth-order valence-corrected chi connectivity index (χ4v) is 3.25. The van der Waals surface area contributed by atoms with Gasteiger partial charge in [0.15, 0.2) is 0 Å². The number of nitrogen functional groups attached to an aromatic ring is 1. The second-order valence-corrected chi connectivity index (χ2v) is 6.24. The molecule has 0 amide bonds. The zero-order valence-corrected chi connectivity index (χ0v) is 15.5. The van der Waals surface area contributed by atoms with Crippen LogP contribution in [0.5, 0.6) is 11.5 Å². The van der Waals surface area contributed by atoms with Crippen LogP contribution in [-0.4, -0.2) is 33.3 Å². The number of aromatic hydroxyl groups is 1. The SMILES string of the molecule is COc1cc(O)ccc1-c1cc(-c2[nH]c(C)c(C(=O)O)c2C)nc(N)c1C#N. The molecule has 0 aliphatic heterocycles. The van der Waals surface area contributed by atoms with Crippen LogP contribution in [0, 0.1) is 25.2 Å². The number of hydrogen-bond donors (Lipinski definition) is 4. The molecule has 3 rings (SSSR count). The number of nitriles is 1. The highest BCUT2D eigenvalue weighted by Crippen LogP contribution is 2.38. The molecule has 2 heterocycles. The summed E-state index contributed by atoms with van der Waals surface area (Å²) in [6.45, 7) is 3.34. The Morgan fingerprint density at radius 3 is 2.57 bits per heavy atom. The van der Waals surface area contributed by atoms with E-state index < -0.39 is 5.97 Å². The first-order valence-corrected chi connectivity index (χ1v) is 8.29. The highest BCUT2D eigenvalue weighted by Gasteiger charge is 2.22. The number of aryl methyl sites for hydroxylation is 1. The monoisotopic (exact) mass is 378 g/mol. The number of anilines is 1. The van der Waals surface area contributed by atoms with Gasteiger partial charge in [0.25, 0.3) is 0 Å². The largest absolute Gasteiger partial charge is 0.508 e. The number of aromatic nitrogens is 2. The molecular weight excluding hydrogens is 360 g/mol. The van der Waals surface area contributed by atoms with Crippen molar-refractivity contribution in [1.82, 2.24) is 9.97 Å². The Kier molecular flexibility index (Phi) is 4.67. The molecule has 0 radical (unpaired) electrons. The van der Waals surface area contributed by atoms with E-state index in [1.54, 1.807) is 26.0 Å². The van der Waals surface area contributed by atoms with Crippen LogP contribution in [0.2, 0.25) is 0 Å². The summed E-state index contributed by atoms with van der Waals surface area (Å²) in [6, 6.07) is 8.21. The number of ether oxygens (including phenoxy) is 1. The second kappa shape index (κ2) is 6.96. The smallest absolute Gasteiger partial charge is 0.337 e. The van der Waals surface area contributed by atoms with Crippen LogP contribution in [0.4, 0.5) is 5.82 Å². The van der Waals surface area contributed by atoms with E-state index in [1.165, 1.54) is 19.2 Å². The van der Waals surface area contributed by atoms with E-state index >= 15 is 0 Å². The standard InChI is InChI=1S/C20H18N4O4/c1-9-17(20(26)27)10(2)23-18(9)15-7-13(14(8-21)19(22)24-15)12-5-4-11(25)6-16(12)28-3/h4-7,23,25H,1-3H3,(H2,22,24)(H,26,27). The Bertz CT molecular complexity index is 1140. The molecule has 28 heavy (non-hydrogen) atoms. The molecule has 142 valence electrons. The summed E-state index contributed by atoms with van der Waals surface area (Å²) in [5.41, 5.74) is 9.29. The van der Waals surface area contributed by atoms with Crippen LogP contribution >= 0.6 is 0 Å². The van der Waals surface area contributed by atoms with Crippen molar-refractivity contribution in [1.29, 1.82) is 5.26 Å². The summed E-state index contributed by atoms with van der Waals surface area (Å²) < 4.78 is 5.33. The first kappa shape index (κ1) is 18.8. The zero-order valence-electron chi connectivity index (χ0n) is 15.5. The number of nitrogens with one attached hydrogen (secondary N) is 1. The van der Waals surface area contributed by atoms with Gasteiger partial charge in [-0.25, -0.2) is 9.78 Å². The van der Waals surface area contributed by atoms with Gasteiger partial charge in [-0.1, -0.05) is 0 Å². The van der Waals surface area contributed by atoms with Crippen LogP contribution in [0.3, 0.4) is 0 Å². The van der Waals surface area contributed by atoms with Gasteiger partial charge in [-0.2, -0.15) is 5.26 Å². The van der Waals surface area contributed by atoms with E-state index in [1.807, 2.05) is 6.07 Å². The maximum atomic E-state index is 11.5. The fraction of sp³-hybridized carbons (Fsp3) is 0.150. The number of pyridine rings is 1. The number of phenolic OH excluding ortho intramolecular Hbond substituents is 1. The lowest BCUT2D eigenvalue weighted by molar-refractivity contribution is 0.0695. The maximum Gasteiger partial charge on any atom is 0.337 e. The van der Waals surface area contributed by atoms with Gasteiger partial charge in [-0.05, 0) is 37.6 Å². The van der Waals surface area contributed by atoms with E-state index in [4.69, 9.17) is 10.5 Å². The van der Waals surface area contributed by atoms with Crippen LogP contribution < -0.4 is 10.5 Å². The third-order valence-electron chi connectivity index (χ3n) is 4.54. The van der Waals surface area contributed by atoms with E-state index in [2.05, 4.69) is 9.97 Å². The molecule has 0 saturated heterocycles. The number of hydrogen-bond acceptors (Lipinski definition) is 6. The lowest BCUT2D eigenvalue weighted by Gasteiger charge is -2.13. The van der Waals surface area contributed by atoms with Gasteiger partial charge in [0, 0.05) is 22.9 Å². The molecule has 0 aliphatic carbocycles. The Morgan fingerprint density at radius 1 is 1.29 bits per heavy atom. The number of rotatable bonds is 4. The Hall–Kier alpha value is -3.99. The predicted molar refractivity (Wildman–Crippen MR) is 103 cm³/mol. The zero-order chi connectivity index (χ0) is 20.6. The number of methoxy groups -OCH3 is 1. The van der Waals surface area contributed by atoms with Crippen molar-refractivity contribution in [3.63, 3.8) is 0 Å². The van der Waals surface area contributed by atoms with Gasteiger partial charge in [0.2, 0.25) is 0 Å². The molecule has 0 spiro atoms. The number of nitrogens with two attached hydrogens (primary N) is 1. The van der Waals surface area contributed by atoms with Crippen LogP contribution in [-0.2, 0) is 0 Å². The summed E-state index contributed by atoms with van der Waals surface area (Å²) in [5, 5.41) is 28.7. The molecule has 3 aromatic rings. The van der Waals surface area contributed by atoms with Crippen molar-refractivity contribution in [2.24, 2.45) is 0 Å². The van der Waals surface area contributed by atoms with Gasteiger partial charge in [-0.3, -0.25) is 0 Å². The van der Waals surface area contributed by atoms with Gasteiger partial charge >= 0.3 is 5.97 Å². The number of nitrogens with zero attached hydrogens (tertiary/aromatic N) is 2. The van der Waals surface area contributed by atoms with Crippen molar-refractivity contribution in [3.05, 3.63) is 46.6 Å². The molecule has 0 atom stereocenters. The van der Waals surface area contributed by atoms with E-state index in [-0.39, 0.29) is 22.7 Å². The molecule has 8 heteroatoms. The number of aromatic amines is 1. The quantitative estimate of drug-likeness (QED) is 0.545. The van der Waals surface area contributed by atoms with Crippen LogP contribution in [0.15, 0.2) is 24.3 Å². The minimum absolute atomic E-state index is 0.00801. The molecule has 2 aromatic heterocycles. The molecule has 8 nitrogen and oxygen atoms in total. The number of H-pyrrole nitrogens is 1. The lowest BCUT2D eigenvalue weighted by atomic mass is 9.97. The summed E-state index contributed by atoms with van der Waals surface area (Å²) in [7, 11) is 1.45. The highest BCUT2D eigenvalue weighted by molar-refractivity contribution is 5.94. The summed E-state index contributed by atoms with van der Waals surface area (Å²) >= 11 is 0. The number of carboxylic acids is 1. The molecule has 0 aliphatic rings. The average Bonchev–Trinajstić information content (AvgIpc) is 2.95. The van der Waals surface area contributed by atoms with Crippen LogP contribution in [0.1, 0.15) is 27.2 Å². The van der Waals surface area contributed by atoms with Crippen molar-refractivity contribution in [2.75, 3.05) is 12.8 Å². The molecule has 5 N–H and O–H groups in total. The Labute approximate surface area is 160 Å². The van der Waals surface area contributed by atoms with Gasteiger partial charge < -0.3 is 25.7 Å². The molecule has 0 saturated carbocycles. The van der Waals surface area contributed by atoms with Crippen molar-refractivity contribution < 1.29 is 19.7 Å². The van der Waals surface area contributed by atoms with Gasteiger partial charge in [0.1, 0.15) is 28.9 Å². The molecular formula is C20H18N4O4. The van der Waals surface area contributed by atoms with Crippen molar-refractivity contribution in [3.8, 4) is 40.1 Å². The summed E-state index contributed by atoms with van der Waals surface area (Å²) in [6.07, 6.45) is 0. The molecule has 0 unspecified atom stereocenters. The second-order valence-electron chi connectivity index (χ2n) is 6.24. The summed E-state index contributed by atoms with van der Waals surface area (Å²) in [5.74, 6) is -0.657. The number of carboxylic acid groups (broad SMARTS) is 1. The van der Waals surface area contributed by atoms with E-state index in [0.29, 0.717) is 39.5 Å². The third kappa shape index (κ3) is 2.99. The number of carbonyl (C=O) groups is 1. The molecule has 0 bridgehead atoms. The van der Waals surface area contributed by atoms with Gasteiger partial charge in [0.05, 0.1) is 24.1 Å². The maximum absolute atomic E-state index is 11.5. The minimum atomic E-state index is -1.04. The number of phenols is 1. The Morgan fingerprint density at radius 2 is 2.00 bits per heavy atom. The number of aromatic carboxylic acids is 1. The first-order valence-electron chi connectivity index (χ1n) is 8.29. The Balaban J connectivity index is 2.31. The third-order valence-corrected chi connectivity index (χ3v) is 4.54. The van der Waals surface area contributed by atoms with Crippen molar-refractivity contribution in [2.45, 2.75) is 13.8 Å². The number of benzene rings is 1. The van der Waals surface area contributed by atoms with E-state index in [0.717, 1.165) is 0 Å². The normalized spacial score (nSPS) is 10.5. The topological polar surface area (TPSA) is 145 Å². The van der Waals surface area contributed by atoms with Crippen LogP contribution in [0.25, 0.3) is 22.5 Å². The molecule has 1 aromatic carbocycles. The van der Waals surface area contributed by atoms with Crippen molar-refractivity contribution >= 4 is 11.8 Å². The fourth-order valence-electron chi connectivity index (χ4n) is 3.25. The summed E-state index contributed by atoms with van der Waals surface area (Å²) in [4.78, 5) is 18.8. The first-order chi connectivity index (χ1) is 13.3. The van der Waals surface area contributed by atoms with E-state index in [9.17, 15) is 20.3 Å². The minimum Gasteiger partial charge on any atom is -0.508 e. The van der Waals surface area contributed by atoms with Gasteiger partial charge in [-0.15, -0.1) is 0 Å².